The highest BCUT2D eigenvalue weighted by Gasteiger charge is 2.10. The summed E-state index contributed by atoms with van der Waals surface area (Å²) in [4.78, 5) is 17.8. The summed E-state index contributed by atoms with van der Waals surface area (Å²) in [6.45, 7) is 2.61. The quantitative estimate of drug-likeness (QED) is 0.481. The minimum absolute atomic E-state index is 0.134. The van der Waals surface area contributed by atoms with Gasteiger partial charge >= 0.3 is 0 Å². The van der Waals surface area contributed by atoms with Crippen LogP contribution in [0.1, 0.15) is 22.8 Å². The topological polar surface area (TPSA) is 51.2 Å². The van der Waals surface area contributed by atoms with Crippen LogP contribution in [0.3, 0.4) is 0 Å². The van der Waals surface area contributed by atoms with Gasteiger partial charge in [0.05, 0.1) is 7.11 Å². The average molecular weight is 387 g/mol. The minimum atomic E-state index is -0.134. The Hall–Kier alpha value is -2.24. The largest absolute Gasteiger partial charge is 0.481 e. The number of fused-ring (bicyclic) bond motifs is 1. The van der Waals surface area contributed by atoms with Crippen molar-refractivity contribution in [3.8, 4) is 5.88 Å². The number of halogens is 1. The number of benzene rings is 2. The Morgan fingerprint density at radius 3 is 2.65 bits per heavy atom. The Morgan fingerprint density at radius 1 is 1.19 bits per heavy atom. The van der Waals surface area contributed by atoms with Crippen LogP contribution >= 0.6 is 23.4 Å². The van der Waals surface area contributed by atoms with Crippen molar-refractivity contribution in [2.75, 3.05) is 12.9 Å². The zero-order valence-electron chi connectivity index (χ0n) is 14.6. The summed E-state index contributed by atoms with van der Waals surface area (Å²) in [6.07, 6.45) is 0. The Balaban J connectivity index is 1.73. The van der Waals surface area contributed by atoms with Crippen LogP contribution in [-0.4, -0.2) is 23.8 Å². The van der Waals surface area contributed by atoms with Crippen LogP contribution in [0.25, 0.3) is 10.8 Å². The van der Waals surface area contributed by atoms with Crippen LogP contribution in [0.4, 0.5) is 0 Å². The van der Waals surface area contributed by atoms with Crippen LogP contribution in [-0.2, 0) is 6.54 Å². The number of methoxy groups -OCH3 is 1. The van der Waals surface area contributed by atoms with Crippen molar-refractivity contribution in [1.29, 1.82) is 0 Å². The molecule has 0 saturated heterocycles. The van der Waals surface area contributed by atoms with Crippen molar-refractivity contribution >= 4 is 40.0 Å². The standard InChI is InChI=1S/C20H19ClN2O2S/c1-3-26-16-7-4-13(5-8-16)12-22-19(24)14-6-9-17-15(10-14)11-18(21)23-20(17)25-2/h4-11H,3,12H2,1-2H3,(H,22,24). The second-order valence-corrected chi connectivity index (χ2v) is 7.37. The SMILES string of the molecule is CCSc1ccc(CNC(=O)c2ccc3c(OC)nc(Cl)cc3c2)cc1. The molecule has 0 unspecified atom stereocenters. The van der Waals surface area contributed by atoms with Gasteiger partial charge in [0.15, 0.2) is 0 Å². The number of thioether (sulfide) groups is 1. The number of pyridine rings is 1. The Bertz CT molecular complexity index is 929. The number of nitrogens with zero attached hydrogens (tertiary/aromatic N) is 1. The summed E-state index contributed by atoms with van der Waals surface area (Å²) in [5, 5.41) is 4.91. The summed E-state index contributed by atoms with van der Waals surface area (Å²) in [7, 11) is 1.54. The number of carbonyl (C=O) groups excluding carboxylic acids is 1. The normalized spacial score (nSPS) is 10.7. The fourth-order valence-corrected chi connectivity index (χ4v) is 3.50. The minimum Gasteiger partial charge on any atom is -0.481 e. The third-order valence-electron chi connectivity index (χ3n) is 3.91. The molecule has 1 heterocycles. The van der Waals surface area contributed by atoms with Gasteiger partial charge in [0.2, 0.25) is 5.88 Å². The highest BCUT2D eigenvalue weighted by atomic mass is 35.5. The van der Waals surface area contributed by atoms with Crippen LogP contribution in [0, 0.1) is 0 Å². The predicted molar refractivity (Wildman–Crippen MR) is 107 cm³/mol. The first-order chi connectivity index (χ1) is 12.6. The van der Waals surface area contributed by atoms with Crippen LogP contribution in [0.15, 0.2) is 53.4 Å². The number of carbonyl (C=O) groups is 1. The van der Waals surface area contributed by atoms with Crippen LogP contribution in [0.5, 0.6) is 5.88 Å². The lowest BCUT2D eigenvalue weighted by Crippen LogP contribution is -2.22. The van der Waals surface area contributed by atoms with Gasteiger partial charge in [-0.1, -0.05) is 30.7 Å². The second kappa shape index (κ2) is 8.43. The first kappa shape index (κ1) is 18.5. The molecule has 3 rings (SSSR count). The molecule has 134 valence electrons. The fraction of sp³-hybridized carbons (Fsp3) is 0.200. The molecule has 2 aromatic carbocycles. The van der Waals surface area contributed by atoms with E-state index in [1.54, 1.807) is 37.1 Å². The molecule has 0 spiro atoms. The van der Waals surface area contributed by atoms with Crippen LogP contribution < -0.4 is 10.1 Å². The van der Waals surface area contributed by atoms with E-state index in [1.165, 1.54) is 4.90 Å². The average Bonchev–Trinajstić information content (AvgIpc) is 2.66. The number of ether oxygens (including phenoxy) is 1. The van der Waals surface area contributed by atoms with E-state index in [1.807, 2.05) is 18.2 Å². The van der Waals surface area contributed by atoms with Gasteiger partial charge in [-0.3, -0.25) is 4.79 Å². The van der Waals surface area contributed by atoms with E-state index in [9.17, 15) is 4.79 Å². The van der Waals surface area contributed by atoms with E-state index in [0.29, 0.717) is 23.1 Å². The highest BCUT2D eigenvalue weighted by molar-refractivity contribution is 7.99. The zero-order valence-corrected chi connectivity index (χ0v) is 16.2. The fourth-order valence-electron chi connectivity index (χ4n) is 2.65. The van der Waals surface area contributed by atoms with Gasteiger partial charge in [-0.25, -0.2) is 4.98 Å². The third-order valence-corrected chi connectivity index (χ3v) is 5.00. The van der Waals surface area contributed by atoms with Gasteiger partial charge in [-0.05, 0) is 53.1 Å². The van der Waals surface area contributed by atoms with E-state index < -0.39 is 0 Å². The Morgan fingerprint density at radius 2 is 1.96 bits per heavy atom. The molecule has 0 radical (unpaired) electrons. The summed E-state index contributed by atoms with van der Waals surface area (Å²) >= 11 is 7.81. The van der Waals surface area contributed by atoms with E-state index in [2.05, 4.69) is 29.4 Å². The molecular weight excluding hydrogens is 368 g/mol. The molecule has 0 bridgehead atoms. The van der Waals surface area contributed by atoms with E-state index in [0.717, 1.165) is 22.1 Å². The molecule has 0 aliphatic rings. The summed E-state index contributed by atoms with van der Waals surface area (Å²) in [6, 6.07) is 15.3. The maximum absolute atomic E-state index is 12.5. The predicted octanol–water partition coefficient (Wildman–Crippen LogP) is 4.94. The van der Waals surface area contributed by atoms with Gasteiger partial charge in [0.1, 0.15) is 5.15 Å². The molecule has 1 N–H and O–H groups in total. The molecule has 0 aliphatic carbocycles. The van der Waals surface area contributed by atoms with Gasteiger partial charge in [-0.2, -0.15) is 0 Å². The van der Waals surface area contributed by atoms with Crippen molar-refractivity contribution in [3.05, 3.63) is 64.8 Å². The maximum Gasteiger partial charge on any atom is 0.251 e. The number of rotatable bonds is 6. The second-order valence-electron chi connectivity index (χ2n) is 5.65. The van der Waals surface area contributed by atoms with Crippen molar-refractivity contribution in [2.45, 2.75) is 18.4 Å². The van der Waals surface area contributed by atoms with Crippen molar-refractivity contribution in [1.82, 2.24) is 10.3 Å². The van der Waals surface area contributed by atoms with Gasteiger partial charge in [-0.15, -0.1) is 11.8 Å². The first-order valence-corrected chi connectivity index (χ1v) is 9.61. The number of nitrogens with one attached hydrogen (secondary N) is 1. The van der Waals surface area contributed by atoms with Crippen molar-refractivity contribution < 1.29 is 9.53 Å². The zero-order chi connectivity index (χ0) is 18.5. The molecule has 1 amide bonds. The van der Waals surface area contributed by atoms with Crippen LogP contribution in [0.2, 0.25) is 5.15 Å². The molecule has 0 fully saturated rings. The molecule has 3 aromatic rings. The highest BCUT2D eigenvalue weighted by Crippen LogP contribution is 2.27. The molecule has 1 aromatic heterocycles. The Labute approximate surface area is 161 Å². The first-order valence-electron chi connectivity index (χ1n) is 8.25. The third kappa shape index (κ3) is 4.29. The number of amides is 1. The summed E-state index contributed by atoms with van der Waals surface area (Å²) in [5.41, 5.74) is 1.63. The molecule has 0 atom stereocenters. The number of aromatic nitrogens is 1. The number of hydrogen-bond acceptors (Lipinski definition) is 4. The van der Waals surface area contributed by atoms with Crippen molar-refractivity contribution in [3.63, 3.8) is 0 Å². The summed E-state index contributed by atoms with van der Waals surface area (Å²) in [5.74, 6) is 1.36. The summed E-state index contributed by atoms with van der Waals surface area (Å²) < 4.78 is 5.24. The molecule has 0 saturated carbocycles. The van der Waals surface area contributed by atoms with E-state index in [-0.39, 0.29) is 5.91 Å². The monoisotopic (exact) mass is 386 g/mol. The molecular formula is C20H19ClN2O2S. The Kier molecular flexibility index (Phi) is 6.01. The van der Waals surface area contributed by atoms with Crippen molar-refractivity contribution in [2.24, 2.45) is 0 Å². The smallest absolute Gasteiger partial charge is 0.251 e. The lowest BCUT2D eigenvalue weighted by atomic mass is 10.1. The molecule has 0 aliphatic heterocycles. The van der Waals surface area contributed by atoms with Gasteiger partial charge < -0.3 is 10.1 Å². The van der Waals surface area contributed by atoms with E-state index in [4.69, 9.17) is 16.3 Å². The molecule has 26 heavy (non-hydrogen) atoms. The molecule has 6 heteroatoms. The lowest BCUT2D eigenvalue weighted by molar-refractivity contribution is 0.0951. The van der Waals surface area contributed by atoms with Gasteiger partial charge in [0, 0.05) is 22.4 Å². The van der Waals surface area contributed by atoms with Gasteiger partial charge in [0.25, 0.3) is 5.91 Å². The molecule has 4 nitrogen and oxygen atoms in total. The van der Waals surface area contributed by atoms with E-state index >= 15 is 0 Å². The lowest BCUT2D eigenvalue weighted by Gasteiger charge is -2.09. The maximum atomic E-state index is 12.5. The number of hydrogen-bond donors (Lipinski definition) is 1.